The molecule has 0 saturated carbocycles. The average molecular weight is 165 g/mol. The van der Waals surface area contributed by atoms with Gasteiger partial charge >= 0.3 is 0 Å². The van der Waals surface area contributed by atoms with Crippen LogP contribution >= 0.6 is 11.6 Å². The molecule has 0 aliphatic carbocycles. The summed E-state index contributed by atoms with van der Waals surface area (Å²) in [5.74, 6) is 0. The number of hydrogen-bond donors (Lipinski definition) is 0. The van der Waals surface area contributed by atoms with Gasteiger partial charge in [0.25, 0.3) is 0 Å². The van der Waals surface area contributed by atoms with Crippen molar-refractivity contribution in [2.45, 2.75) is 6.32 Å². The highest BCUT2D eigenvalue weighted by molar-refractivity contribution is 6.30. The van der Waals surface area contributed by atoms with Crippen molar-refractivity contribution in [1.29, 1.82) is 0 Å². The molecule has 0 fully saturated rings. The van der Waals surface area contributed by atoms with E-state index < -0.39 is 0 Å². The number of aromatic nitrogens is 1. The second-order valence-corrected chi connectivity index (χ2v) is 2.75. The summed E-state index contributed by atoms with van der Waals surface area (Å²) >= 11 is 5.76. The van der Waals surface area contributed by atoms with Crippen LogP contribution in [0.25, 0.3) is 5.57 Å². The zero-order valence-electron chi connectivity index (χ0n) is 6.47. The molecule has 0 aliphatic rings. The Bertz CT molecular complexity index is 273. The first kappa shape index (κ1) is 8.34. The van der Waals surface area contributed by atoms with Gasteiger partial charge in [-0.2, -0.15) is 0 Å². The van der Waals surface area contributed by atoms with Crippen molar-refractivity contribution in [2.75, 3.05) is 0 Å². The van der Waals surface area contributed by atoms with Gasteiger partial charge in [0.2, 0.25) is 0 Å². The van der Waals surface area contributed by atoms with Gasteiger partial charge in [-0.05, 0) is 17.7 Å². The van der Waals surface area contributed by atoms with Crippen molar-refractivity contribution in [3.8, 4) is 0 Å². The highest BCUT2D eigenvalue weighted by atomic mass is 35.5. The molecule has 0 amide bonds. The monoisotopic (exact) mass is 165 g/mol. The third-order valence-electron chi connectivity index (χ3n) is 1.51. The van der Waals surface area contributed by atoms with E-state index in [-0.39, 0.29) is 0 Å². The van der Waals surface area contributed by atoms with E-state index in [1.54, 1.807) is 12.3 Å². The van der Waals surface area contributed by atoms with E-state index in [2.05, 4.69) is 11.6 Å². The summed E-state index contributed by atoms with van der Waals surface area (Å²) in [7, 11) is 2.05. The molecule has 1 rings (SSSR count). The van der Waals surface area contributed by atoms with E-state index in [1.165, 1.54) is 0 Å². The van der Waals surface area contributed by atoms with Gasteiger partial charge in [-0.1, -0.05) is 24.5 Å². The minimum absolute atomic E-state index is 0.713. The van der Waals surface area contributed by atoms with Crippen LogP contribution in [-0.4, -0.2) is 12.8 Å². The first-order chi connectivity index (χ1) is 5.24. The minimum Gasteiger partial charge on any atom is -0.257 e. The highest BCUT2D eigenvalue weighted by Gasteiger charge is 1.97. The minimum atomic E-state index is 0.713. The molecule has 0 N–H and O–H groups in total. The Hall–Kier alpha value is -0.755. The number of allylic oxidation sites excluding steroid dienone is 1. The predicted molar refractivity (Wildman–Crippen MR) is 51.6 cm³/mol. The molecular weight excluding hydrogens is 156 g/mol. The quantitative estimate of drug-likeness (QED) is 0.609. The number of halogens is 1. The SMILES string of the molecule is BCC(=C)c1cc(Cl)ccn1. The van der Waals surface area contributed by atoms with Crippen LogP contribution in [0, 0.1) is 0 Å². The van der Waals surface area contributed by atoms with Gasteiger partial charge in [0, 0.05) is 11.2 Å². The van der Waals surface area contributed by atoms with Gasteiger partial charge in [-0.3, -0.25) is 4.98 Å². The maximum atomic E-state index is 5.76. The van der Waals surface area contributed by atoms with Crippen LogP contribution in [0.1, 0.15) is 5.69 Å². The van der Waals surface area contributed by atoms with Crippen molar-refractivity contribution in [2.24, 2.45) is 0 Å². The van der Waals surface area contributed by atoms with Crippen LogP contribution in [0.2, 0.25) is 11.3 Å². The number of pyridine rings is 1. The van der Waals surface area contributed by atoms with Gasteiger partial charge in [0.15, 0.2) is 0 Å². The Kier molecular flexibility index (Phi) is 2.72. The van der Waals surface area contributed by atoms with E-state index in [1.807, 2.05) is 13.9 Å². The fraction of sp³-hybridized carbons (Fsp3) is 0.125. The van der Waals surface area contributed by atoms with Gasteiger partial charge < -0.3 is 0 Å². The van der Waals surface area contributed by atoms with Gasteiger partial charge in [0.05, 0.1) is 5.69 Å². The number of hydrogen-bond acceptors (Lipinski definition) is 1. The van der Waals surface area contributed by atoms with Crippen LogP contribution < -0.4 is 0 Å². The lowest BCUT2D eigenvalue weighted by Crippen LogP contribution is -1.85. The molecule has 3 heteroatoms. The van der Waals surface area contributed by atoms with Crippen LogP contribution in [-0.2, 0) is 0 Å². The molecule has 0 spiro atoms. The molecule has 0 saturated heterocycles. The Morgan fingerprint density at radius 3 is 3.00 bits per heavy atom. The summed E-state index contributed by atoms with van der Waals surface area (Å²) < 4.78 is 0. The van der Waals surface area contributed by atoms with Crippen LogP contribution in [0.3, 0.4) is 0 Å². The third-order valence-corrected chi connectivity index (χ3v) is 1.75. The molecular formula is C8H9BClN. The van der Waals surface area contributed by atoms with Crippen molar-refractivity contribution in [3.63, 3.8) is 0 Å². The Morgan fingerprint density at radius 1 is 1.73 bits per heavy atom. The van der Waals surface area contributed by atoms with E-state index >= 15 is 0 Å². The van der Waals surface area contributed by atoms with E-state index in [4.69, 9.17) is 11.6 Å². The van der Waals surface area contributed by atoms with Crippen molar-refractivity contribution in [3.05, 3.63) is 35.6 Å². The Morgan fingerprint density at radius 2 is 2.45 bits per heavy atom. The Balaban J connectivity index is 2.96. The summed E-state index contributed by atoms with van der Waals surface area (Å²) in [4.78, 5) is 4.13. The van der Waals surface area contributed by atoms with Crippen LogP contribution in [0.4, 0.5) is 0 Å². The van der Waals surface area contributed by atoms with Crippen molar-refractivity contribution in [1.82, 2.24) is 4.98 Å². The summed E-state index contributed by atoms with van der Waals surface area (Å²) in [6, 6.07) is 3.58. The maximum Gasteiger partial charge on any atom is 0.107 e. The van der Waals surface area contributed by atoms with E-state index in [0.717, 1.165) is 17.6 Å². The zero-order chi connectivity index (χ0) is 8.27. The molecule has 0 atom stereocenters. The first-order valence-corrected chi connectivity index (χ1v) is 3.91. The lowest BCUT2D eigenvalue weighted by Gasteiger charge is -2.00. The molecule has 56 valence electrons. The smallest absolute Gasteiger partial charge is 0.107 e. The summed E-state index contributed by atoms with van der Waals surface area (Å²) in [6.07, 6.45) is 2.60. The van der Waals surface area contributed by atoms with E-state index in [0.29, 0.717) is 5.02 Å². The van der Waals surface area contributed by atoms with Crippen LogP contribution in [0.15, 0.2) is 24.9 Å². The van der Waals surface area contributed by atoms with Gasteiger partial charge in [-0.15, -0.1) is 0 Å². The standard InChI is InChI=1S/C8H9BClN/c1-6(5-9)8-4-7(10)2-3-11-8/h2-4H,1,5,9H2. The Labute approximate surface area is 72.5 Å². The molecule has 0 unspecified atom stereocenters. The summed E-state index contributed by atoms with van der Waals surface area (Å²) in [6.45, 7) is 3.86. The molecule has 1 heterocycles. The lowest BCUT2D eigenvalue weighted by atomic mass is 9.96. The van der Waals surface area contributed by atoms with Crippen molar-refractivity contribution >= 4 is 25.0 Å². The fourth-order valence-electron chi connectivity index (χ4n) is 0.779. The molecule has 1 aromatic heterocycles. The first-order valence-electron chi connectivity index (χ1n) is 3.53. The van der Waals surface area contributed by atoms with Crippen LogP contribution in [0.5, 0.6) is 0 Å². The largest absolute Gasteiger partial charge is 0.257 e. The van der Waals surface area contributed by atoms with Gasteiger partial charge in [0.1, 0.15) is 7.85 Å². The maximum absolute atomic E-state index is 5.76. The zero-order valence-corrected chi connectivity index (χ0v) is 7.23. The normalized spacial score (nSPS) is 9.55. The molecule has 1 nitrogen and oxygen atoms in total. The molecule has 11 heavy (non-hydrogen) atoms. The second kappa shape index (κ2) is 3.58. The van der Waals surface area contributed by atoms with E-state index in [9.17, 15) is 0 Å². The summed E-state index contributed by atoms with van der Waals surface area (Å²) in [5.41, 5.74) is 1.91. The predicted octanol–water partition coefficient (Wildman–Crippen LogP) is 1.80. The number of nitrogens with zero attached hydrogens (tertiary/aromatic N) is 1. The molecule has 1 aromatic rings. The molecule has 0 bridgehead atoms. The van der Waals surface area contributed by atoms with Crippen molar-refractivity contribution < 1.29 is 0 Å². The number of rotatable bonds is 2. The molecule has 0 aliphatic heterocycles. The van der Waals surface area contributed by atoms with Gasteiger partial charge in [-0.25, -0.2) is 0 Å². The third kappa shape index (κ3) is 2.09. The summed E-state index contributed by atoms with van der Waals surface area (Å²) in [5, 5.41) is 0.713. The molecule has 0 radical (unpaired) electrons. The topological polar surface area (TPSA) is 12.9 Å². The molecule has 0 aromatic carbocycles. The fourth-order valence-corrected chi connectivity index (χ4v) is 0.939. The second-order valence-electron chi connectivity index (χ2n) is 2.32. The average Bonchev–Trinajstić information content (AvgIpc) is 2.03. The highest BCUT2D eigenvalue weighted by Crippen LogP contribution is 2.16. The lowest BCUT2D eigenvalue weighted by molar-refractivity contribution is 1.27.